The van der Waals surface area contributed by atoms with Gasteiger partial charge in [0.25, 0.3) is 0 Å². The zero-order valence-corrected chi connectivity index (χ0v) is 13.7. The van der Waals surface area contributed by atoms with Gasteiger partial charge in [-0.15, -0.1) is 10.2 Å². The Balaban J connectivity index is 1.75. The molecule has 0 unspecified atom stereocenters. The quantitative estimate of drug-likeness (QED) is 0.810. The number of rotatable bonds is 3. The summed E-state index contributed by atoms with van der Waals surface area (Å²) < 4.78 is 53.3. The number of aromatic nitrogens is 2. The number of nitriles is 1. The van der Waals surface area contributed by atoms with Gasteiger partial charge in [-0.25, -0.2) is 17.2 Å². The second-order valence-corrected chi connectivity index (χ2v) is 7.26. The third-order valence-electron chi connectivity index (χ3n) is 3.84. The molecule has 1 fully saturated rings. The number of piperazine rings is 1. The van der Waals surface area contributed by atoms with Gasteiger partial charge in [0.15, 0.2) is 11.5 Å². The van der Waals surface area contributed by atoms with Crippen LogP contribution in [0.4, 0.5) is 14.6 Å². The topological polar surface area (TPSA) is 90.2 Å². The molecule has 0 spiro atoms. The van der Waals surface area contributed by atoms with Crippen molar-refractivity contribution in [2.75, 3.05) is 31.1 Å². The van der Waals surface area contributed by atoms with Crippen molar-refractivity contribution in [1.29, 1.82) is 5.26 Å². The lowest BCUT2D eigenvalue weighted by molar-refractivity contribution is 0.380. The fraction of sp³-hybridized carbons (Fsp3) is 0.267. The zero-order valence-electron chi connectivity index (χ0n) is 12.9. The monoisotopic (exact) mass is 365 g/mol. The standard InChI is InChI=1S/C15H13F2N5O2S/c16-11-1-3-13(17)14(9-11)25(23,24)22-7-5-21(6-8-22)15-4-2-12(10-18)19-20-15/h1-4,9H,5-8H2. The van der Waals surface area contributed by atoms with Gasteiger partial charge in [0, 0.05) is 26.2 Å². The lowest BCUT2D eigenvalue weighted by Crippen LogP contribution is -2.49. The minimum absolute atomic E-state index is 0.0972. The van der Waals surface area contributed by atoms with E-state index in [9.17, 15) is 17.2 Å². The van der Waals surface area contributed by atoms with Crippen molar-refractivity contribution >= 4 is 15.8 Å². The third kappa shape index (κ3) is 3.42. The van der Waals surface area contributed by atoms with E-state index < -0.39 is 26.6 Å². The van der Waals surface area contributed by atoms with Gasteiger partial charge in [-0.05, 0) is 30.3 Å². The van der Waals surface area contributed by atoms with Gasteiger partial charge in [0.1, 0.15) is 22.6 Å². The van der Waals surface area contributed by atoms with Crippen LogP contribution in [0.1, 0.15) is 5.69 Å². The van der Waals surface area contributed by atoms with E-state index in [1.807, 2.05) is 11.0 Å². The summed E-state index contributed by atoms with van der Waals surface area (Å²) in [6.07, 6.45) is 0. The predicted molar refractivity (Wildman–Crippen MR) is 84.1 cm³/mol. The van der Waals surface area contributed by atoms with Crippen LogP contribution in [0.5, 0.6) is 0 Å². The van der Waals surface area contributed by atoms with Crippen LogP contribution < -0.4 is 4.90 Å². The van der Waals surface area contributed by atoms with Gasteiger partial charge in [-0.3, -0.25) is 0 Å². The van der Waals surface area contributed by atoms with Gasteiger partial charge >= 0.3 is 0 Å². The van der Waals surface area contributed by atoms with Crippen molar-refractivity contribution in [3.05, 3.63) is 47.7 Å². The van der Waals surface area contributed by atoms with Crippen molar-refractivity contribution in [3.63, 3.8) is 0 Å². The van der Waals surface area contributed by atoms with Crippen LogP contribution in [-0.2, 0) is 10.0 Å². The number of hydrogen-bond acceptors (Lipinski definition) is 6. The normalized spacial score (nSPS) is 15.8. The highest BCUT2D eigenvalue weighted by Crippen LogP contribution is 2.22. The Morgan fingerprint density at radius 3 is 2.36 bits per heavy atom. The van der Waals surface area contributed by atoms with Crippen LogP contribution in [0.2, 0.25) is 0 Å². The molecule has 1 aromatic carbocycles. The minimum Gasteiger partial charge on any atom is -0.352 e. The first-order valence-corrected chi connectivity index (χ1v) is 8.80. The summed E-state index contributed by atoms with van der Waals surface area (Å²) in [5, 5.41) is 16.4. The third-order valence-corrected chi connectivity index (χ3v) is 5.75. The number of anilines is 1. The first-order chi connectivity index (χ1) is 11.9. The van der Waals surface area contributed by atoms with E-state index in [2.05, 4.69) is 10.2 Å². The SMILES string of the molecule is N#Cc1ccc(N2CCN(S(=O)(=O)c3cc(F)ccc3F)CC2)nn1. The molecule has 2 heterocycles. The van der Waals surface area contributed by atoms with Gasteiger partial charge in [-0.2, -0.15) is 9.57 Å². The van der Waals surface area contributed by atoms with Crippen LogP contribution in [-0.4, -0.2) is 49.1 Å². The molecule has 3 rings (SSSR count). The Bertz CT molecular complexity index is 920. The van der Waals surface area contributed by atoms with Crippen LogP contribution in [0.25, 0.3) is 0 Å². The Hall–Kier alpha value is -2.64. The molecule has 7 nitrogen and oxygen atoms in total. The first kappa shape index (κ1) is 17.2. The van der Waals surface area contributed by atoms with Gasteiger partial charge in [0.2, 0.25) is 10.0 Å². The Morgan fingerprint density at radius 1 is 1.04 bits per heavy atom. The summed E-state index contributed by atoms with van der Waals surface area (Å²) in [5.41, 5.74) is 0.187. The number of hydrogen-bond donors (Lipinski definition) is 0. The highest BCUT2D eigenvalue weighted by Gasteiger charge is 2.31. The molecule has 130 valence electrons. The molecule has 0 atom stereocenters. The highest BCUT2D eigenvalue weighted by atomic mass is 32.2. The van der Waals surface area contributed by atoms with Crippen LogP contribution in [0.3, 0.4) is 0 Å². The average molecular weight is 365 g/mol. The lowest BCUT2D eigenvalue weighted by Gasteiger charge is -2.34. The second kappa shape index (κ2) is 6.70. The molecular weight excluding hydrogens is 352 g/mol. The van der Waals surface area contributed by atoms with E-state index in [1.165, 1.54) is 6.07 Å². The number of benzene rings is 1. The summed E-state index contributed by atoms with van der Waals surface area (Å²) in [6.45, 7) is 0.827. The summed E-state index contributed by atoms with van der Waals surface area (Å²) in [4.78, 5) is 1.14. The highest BCUT2D eigenvalue weighted by molar-refractivity contribution is 7.89. The van der Waals surface area contributed by atoms with E-state index in [4.69, 9.17) is 5.26 Å². The molecule has 0 saturated carbocycles. The molecule has 1 aliphatic heterocycles. The smallest absolute Gasteiger partial charge is 0.246 e. The average Bonchev–Trinajstić information content (AvgIpc) is 2.64. The van der Waals surface area contributed by atoms with Crippen LogP contribution >= 0.6 is 0 Å². The summed E-state index contributed by atoms with van der Waals surface area (Å²) in [6, 6.07) is 7.37. The first-order valence-electron chi connectivity index (χ1n) is 7.36. The Morgan fingerprint density at radius 2 is 1.76 bits per heavy atom. The van der Waals surface area contributed by atoms with E-state index in [-0.39, 0.29) is 18.8 Å². The van der Waals surface area contributed by atoms with Gasteiger partial charge < -0.3 is 4.90 Å². The van der Waals surface area contributed by atoms with E-state index in [1.54, 1.807) is 6.07 Å². The summed E-state index contributed by atoms with van der Waals surface area (Å²) in [5.74, 6) is -1.28. The predicted octanol–water partition coefficient (Wildman–Crippen LogP) is 1.14. The van der Waals surface area contributed by atoms with Crippen molar-refractivity contribution in [3.8, 4) is 6.07 Å². The molecule has 25 heavy (non-hydrogen) atoms. The number of halogens is 2. The molecule has 0 aliphatic carbocycles. The number of sulfonamides is 1. The fourth-order valence-electron chi connectivity index (χ4n) is 2.53. The molecule has 0 amide bonds. The second-order valence-electron chi connectivity index (χ2n) is 5.35. The van der Waals surface area contributed by atoms with Crippen molar-refractivity contribution in [2.24, 2.45) is 0 Å². The zero-order chi connectivity index (χ0) is 18.0. The molecule has 10 heteroatoms. The largest absolute Gasteiger partial charge is 0.352 e. The van der Waals surface area contributed by atoms with Gasteiger partial charge in [-0.1, -0.05) is 0 Å². The summed E-state index contributed by atoms with van der Waals surface area (Å²) in [7, 11) is -4.12. The summed E-state index contributed by atoms with van der Waals surface area (Å²) >= 11 is 0. The molecule has 1 aromatic heterocycles. The van der Waals surface area contributed by atoms with Crippen molar-refractivity contribution in [2.45, 2.75) is 4.90 Å². The molecular formula is C15H13F2N5O2S. The molecule has 0 bridgehead atoms. The Kier molecular flexibility index (Phi) is 4.61. The van der Waals surface area contributed by atoms with Gasteiger partial charge in [0.05, 0.1) is 0 Å². The van der Waals surface area contributed by atoms with E-state index in [0.717, 1.165) is 16.4 Å². The number of nitrogens with zero attached hydrogens (tertiary/aromatic N) is 5. The maximum absolute atomic E-state index is 13.8. The molecule has 1 saturated heterocycles. The minimum atomic E-state index is -4.12. The Labute approximate surface area is 143 Å². The lowest BCUT2D eigenvalue weighted by atomic mass is 10.3. The molecule has 2 aromatic rings. The van der Waals surface area contributed by atoms with Crippen molar-refractivity contribution < 1.29 is 17.2 Å². The van der Waals surface area contributed by atoms with E-state index >= 15 is 0 Å². The van der Waals surface area contributed by atoms with Crippen LogP contribution in [0, 0.1) is 23.0 Å². The van der Waals surface area contributed by atoms with Crippen LogP contribution in [0.15, 0.2) is 35.2 Å². The maximum atomic E-state index is 13.8. The van der Waals surface area contributed by atoms with E-state index in [0.29, 0.717) is 25.0 Å². The fourth-order valence-corrected chi connectivity index (χ4v) is 4.02. The maximum Gasteiger partial charge on any atom is 0.246 e. The van der Waals surface area contributed by atoms with Crippen molar-refractivity contribution in [1.82, 2.24) is 14.5 Å². The molecule has 0 radical (unpaired) electrons. The molecule has 1 aliphatic rings. The molecule has 0 N–H and O–H groups in total.